The standard InChI is InChI=1S/C13H15N3OS/c1-3-9-17-12-8-6-5-7-11(12)10-15-16-13(18)14-4-2/h1,5-8,10H,4,9H2,2H3,(H2,14,16,18)/b15-10-. The Morgan fingerprint density at radius 3 is 3.06 bits per heavy atom. The van der Waals surface area contributed by atoms with Gasteiger partial charge < -0.3 is 10.1 Å². The number of para-hydroxylation sites is 1. The molecule has 0 aromatic heterocycles. The van der Waals surface area contributed by atoms with E-state index in [0.29, 0.717) is 10.9 Å². The first-order valence-corrected chi connectivity index (χ1v) is 5.91. The summed E-state index contributed by atoms with van der Waals surface area (Å²) >= 11 is 4.98. The Morgan fingerprint density at radius 1 is 1.56 bits per heavy atom. The number of thiocarbonyl (C=S) groups is 1. The number of nitrogens with zero attached hydrogens (tertiary/aromatic N) is 1. The van der Waals surface area contributed by atoms with Crippen molar-refractivity contribution in [3.05, 3.63) is 29.8 Å². The minimum atomic E-state index is 0.230. The third-order valence-electron chi connectivity index (χ3n) is 1.94. The molecule has 94 valence electrons. The largest absolute Gasteiger partial charge is 0.480 e. The fourth-order valence-electron chi connectivity index (χ4n) is 1.20. The fourth-order valence-corrected chi connectivity index (χ4v) is 1.40. The van der Waals surface area contributed by atoms with Crippen LogP contribution in [-0.4, -0.2) is 24.5 Å². The minimum Gasteiger partial charge on any atom is -0.480 e. The Bertz CT molecular complexity index is 466. The van der Waals surface area contributed by atoms with Crippen molar-refractivity contribution in [3.63, 3.8) is 0 Å². The zero-order valence-electron chi connectivity index (χ0n) is 10.1. The molecule has 1 rings (SSSR count). The van der Waals surface area contributed by atoms with Gasteiger partial charge in [0, 0.05) is 12.1 Å². The van der Waals surface area contributed by atoms with E-state index in [1.54, 1.807) is 6.21 Å². The van der Waals surface area contributed by atoms with E-state index in [0.717, 1.165) is 12.1 Å². The van der Waals surface area contributed by atoms with E-state index in [9.17, 15) is 0 Å². The molecule has 0 unspecified atom stereocenters. The van der Waals surface area contributed by atoms with Crippen molar-refractivity contribution in [1.29, 1.82) is 0 Å². The van der Waals surface area contributed by atoms with Gasteiger partial charge in [0.1, 0.15) is 12.4 Å². The third kappa shape index (κ3) is 4.85. The van der Waals surface area contributed by atoms with Crippen LogP contribution in [0.4, 0.5) is 0 Å². The Balaban J connectivity index is 2.63. The summed E-state index contributed by atoms with van der Waals surface area (Å²) in [6.45, 7) is 2.94. The van der Waals surface area contributed by atoms with E-state index in [1.165, 1.54) is 0 Å². The summed E-state index contributed by atoms with van der Waals surface area (Å²) < 4.78 is 5.39. The lowest BCUT2D eigenvalue weighted by molar-refractivity contribution is 0.370. The van der Waals surface area contributed by atoms with Crippen LogP contribution in [0.25, 0.3) is 0 Å². The quantitative estimate of drug-likeness (QED) is 0.365. The van der Waals surface area contributed by atoms with Crippen LogP contribution < -0.4 is 15.5 Å². The number of terminal acetylenes is 1. The molecule has 0 aliphatic heterocycles. The van der Waals surface area contributed by atoms with Gasteiger partial charge in [0.15, 0.2) is 5.11 Å². The van der Waals surface area contributed by atoms with Crippen molar-refractivity contribution in [2.24, 2.45) is 5.10 Å². The number of nitrogens with one attached hydrogen (secondary N) is 2. The second-order valence-corrected chi connectivity index (χ2v) is 3.67. The SMILES string of the molecule is C#CCOc1ccccc1/C=N\NC(=S)NCC. The Hall–Kier alpha value is -2.06. The predicted molar refractivity (Wildman–Crippen MR) is 77.8 cm³/mol. The smallest absolute Gasteiger partial charge is 0.186 e. The topological polar surface area (TPSA) is 45.6 Å². The number of ether oxygens (including phenoxy) is 1. The lowest BCUT2D eigenvalue weighted by Crippen LogP contribution is -2.31. The van der Waals surface area contributed by atoms with Crippen LogP contribution in [0.3, 0.4) is 0 Å². The summed E-state index contributed by atoms with van der Waals surface area (Å²) in [5.74, 6) is 3.11. The molecule has 0 fully saturated rings. The molecule has 1 aromatic carbocycles. The van der Waals surface area contributed by atoms with Crippen molar-refractivity contribution >= 4 is 23.5 Å². The molecule has 0 radical (unpaired) electrons. The molecule has 2 N–H and O–H groups in total. The van der Waals surface area contributed by atoms with Gasteiger partial charge in [-0.05, 0) is 31.3 Å². The van der Waals surface area contributed by atoms with E-state index >= 15 is 0 Å². The van der Waals surface area contributed by atoms with E-state index in [4.69, 9.17) is 23.4 Å². The molecule has 5 heteroatoms. The van der Waals surface area contributed by atoms with Crippen LogP contribution >= 0.6 is 12.2 Å². The average molecular weight is 261 g/mol. The van der Waals surface area contributed by atoms with Crippen molar-refractivity contribution in [1.82, 2.24) is 10.7 Å². The molecule has 0 aliphatic rings. The second kappa shape index (κ2) is 8.09. The van der Waals surface area contributed by atoms with Crippen LogP contribution in [0.1, 0.15) is 12.5 Å². The molecule has 0 saturated carbocycles. The van der Waals surface area contributed by atoms with E-state index in [-0.39, 0.29) is 6.61 Å². The van der Waals surface area contributed by atoms with E-state index in [1.807, 2.05) is 31.2 Å². The molecular formula is C13H15N3OS. The molecule has 0 atom stereocenters. The average Bonchev–Trinajstić information content (AvgIpc) is 2.38. The normalized spacial score (nSPS) is 9.78. The lowest BCUT2D eigenvalue weighted by atomic mass is 10.2. The van der Waals surface area contributed by atoms with Gasteiger partial charge in [-0.2, -0.15) is 5.10 Å². The zero-order chi connectivity index (χ0) is 13.2. The lowest BCUT2D eigenvalue weighted by Gasteiger charge is -2.06. The first-order chi connectivity index (χ1) is 8.77. The van der Waals surface area contributed by atoms with Gasteiger partial charge in [0.2, 0.25) is 0 Å². The fraction of sp³-hybridized carbons (Fsp3) is 0.231. The first-order valence-electron chi connectivity index (χ1n) is 5.50. The molecule has 0 spiro atoms. The van der Waals surface area contributed by atoms with Crippen LogP contribution in [0.2, 0.25) is 0 Å². The van der Waals surface area contributed by atoms with Crippen LogP contribution in [0, 0.1) is 12.3 Å². The molecule has 4 nitrogen and oxygen atoms in total. The monoisotopic (exact) mass is 261 g/mol. The van der Waals surface area contributed by atoms with E-state index < -0.39 is 0 Å². The van der Waals surface area contributed by atoms with E-state index in [2.05, 4.69) is 21.8 Å². The number of rotatable bonds is 5. The van der Waals surface area contributed by atoms with Gasteiger partial charge in [0.05, 0.1) is 6.21 Å². The van der Waals surface area contributed by atoms with Gasteiger partial charge in [0.25, 0.3) is 0 Å². The Kier molecular flexibility index (Phi) is 6.30. The molecule has 0 saturated heterocycles. The van der Waals surface area contributed by atoms with Crippen LogP contribution in [0.5, 0.6) is 5.75 Å². The predicted octanol–water partition coefficient (Wildman–Crippen LogP) is 1.52. The number of benzene rings is 1. The number of hydrogen-bond acceptors (Lipinski definition) is 3. The van der Waals surface area contributed by atoms with Gasteiger partial charge in [-0.15, -0.1) is 6.42 Å². The highest BCUT2D eigenvalue weighted by Crippen LogP contribution is 2.15. The highest BCUT2D eigenvalue weighted by atomic mass is 32.1. The van der Waals surface area contributed by atoms with Gasteiger partial charge >= 0.3 is 0 Å². The van der Waals surface area contributed by atoms with Crippen molar-refractivity contribution in [2.45, 2.75) is 6.92 Å². The Morgan fingerprint density at radius 2 is 2.33 bits per heavy atom. The summed E-state index contributed by atoms with van der Waals surface area (Å²) in [6.07, 6.45) is 6.79. The summed E-state index contributed by atoms with van der Waals surface area (Å²) in [4.78, 5) is 0. The summed E-state index contributed by atoms with van der Waals surface area (Å²) in [7, 11) is 0. The summed E-state index contributed by atoms with van der Waals surface area (Å²) in [6, 6.07) is 7.49. The zero-order valence-corrected chi connectivity index (χ0v) is 11.0. The van der Waals surface area contributed by atoms with Crippen molar-refractivity contribution in [3.8, 4) is 18.1 Å². The molecule has 0 heterocycles. The molecule has 18 heavy (non-hydrogen) atoms. The van der Waals surface area contributed by atoms with Crippen molar-refractivity contribution in [2.75, 3.05) is 13.2 Å². The summed E-state index contributed by atoms with van der Waals surface area (Å²) in [5.41, 5.74) is 3.54. The molecule has 0 bridgehead atoms. The highest BCUT2D eigenvalue weighted by molar-refractivity contribution is 7.80. The maximum absolute atomic E-state index is 5.39. The maximum Gasteiger partial charge on any atom is 0.186 e. The van der Waals surface area contributed by atoms with Crippen LogP contribution in [0.15, 0.2) is 29.4 Å². The minimum absolute atomic E-state index is 0.230. The Labute approximate surface area is 112 Å². The number of hydrazone groups is 1. The second-order valence-electron chi connectivity index (χ2n) is 3.26. The van der Waals surface area contributed by atoms with Gasteiger partial charge in [-0.3, -0.25) is 5.43 Å². The molecule has 1 aromatic rings. The number of hydrogen-bond donors (Lipinski definition) is 2. The van der Waals surface area contributed by atoms with Crippen molar-refractivity contribution < 1.29 is 4.74 Å². The molecule has 0 amide bonds. The molecule has 0 aliphatic carbocycles. The first kappa shape index (κ1) is 14.0. The van der Waals surface area contributed by atoms with Gasteiger partial charge in [-0.1, -0.05) is 18.1 Å². The maximum atomic E-state index is 5.39. The molecular weight excluding hydrogens is 246 g/mol. The highest BCUT2D eigenvalue weighted by Gasteiger charge is 1.99. The van der Waals surface area contributed by atoms with Gasteiger partial charge in [-0.25, -0.2) is 0 Å². The summed E-state index contributed by atoms with van der Waals surface area (Å²) in [5, 5.41) is 7.43. The third-order valence-corrected chi connectivity index (χ3v) is 2.17. The van der Waals surface area contributed by atoms with Crippen LogP contribution in [-0.2, 0) is 0 Å².